The molecule has 0 fully saturated rings. The normalized spacial score (nSPS) is 12.0. The van der Waals surface area contributed by atoms with Gasteiger partial charge in [0.1, 0.15) is 17.3 Å². The summed E-state index contributed by atoms with van der Waals surface area (Å²) in [4.78, 5) is 21.0. The van der Waals surface area contributed by atoms with Crippen molar-refractivity contribution in [2.75, 3.05) is 5.32 Å². The number of aromatic nitrogens is 4. The predicted octanol–water partition coefficient (Wildman–Crippen LogP) is 4.19. The first kappa shape index (κ1) is 19.0. The summed E-state index contributed by atoms with van der Waals surface area (Å²) in [5, 5.41) is 7.26. The van der Waals surface area contributed by atoms with E-state index in [0.717, 1.165) is 6.42 Å². The molecule has 27 heavy (non-hydrogen) atoms. The molecule has 0 aliphatic heterocycles. The number of hydrogen-bond acceptors (Lipinski definition) is 4. The zero-order chi connectivity index (χ0) is 19.4. The number of halogens is 2. The van der Waals surface area contributed by atoms with Gasteiger partial charge in [0.2, 0.25) is 5.91 Å². The first-order chi connectivity index (χ1) is 13.0. The number of amides is 1. The fourth-order valence-corrected chi connectivity index (χ4v) is 2.91. The SMILES string of the molecule is CCCC(C(=O)Nc1ccc(Cl)cn1)c1cnc(-c2cnn(C)c2)c(F)c1. The number of carbonyl (C=O) groups is 1. The fraction of sp³-hybridized carbons (Fsp3) is 0.263. The molecule has 6 nitrogen and oxygen atoms in total. The van der Waals surface area contributed by atoms with Gasteiger partial charge in [0.05, 0.1) is 17.1 Å². The van der Waals surface area contributed by atoms with Crippen molar-refractivity contribution in [1.29, 1.82) is 0 Å². The zero-order valence-corrected chi connectivity index (χ0v) is 15.7. The Balaban J connectivity index is 1.84. The van der Waals surface area contributed by atoms with Gasteiger partial charge in [-0.15, -0.1) is 0 Å². The van der Waals surface area contributed by atoms with Crippen LogP contribution in [-0.4, -0.2) is 25.7 Å². The number of pyridine rings is 2. The molecule has 140 valence electrons. The van der Waals surface area contributed by atoms with Gasteiger partial charge in [-0.2, -0.15) is 5.10 Å². The van der Waals surface area contributed by atoms with Crippen LogP contribution in [0.3, 0.4) is 0 Å². The highest BCUT2D eigenvalue weighted by Gasteiger charge is 2.22. The summed E-state index contributed by atoms with van der Waals surface area (Å²) in [6.07, 6.45) is 7.56. The lowest BCUT2D eigenvalue weighted by Crippen LogP contribution is -2.22. The zero-order valence-electron chi connectivity index (χ0n) is 15.0. The van der Waals surface area contributed by atoms with Crippen LogP contribution in [0.25, 0.3) is 11.3 Å². The number of anilines is 1. The van der Waals surface area contributed by atoms with E-state index >= 15 is 0 Å². The van der Waals surface area contributed by atoms with Gasteiger partial charge in [-0.05, 0) is 30.2 Å². The van der Waals surface area contributed by atoms with Gasteiger partial charge in [0, 0.05) is 31.2 Å². The summed E-state index contributed by atoms with van der Waals surface area (Å²) in [6, 6.07) is 4.63. The third-order valence-corrected chi connectivity index (χ3v) is 4.34. The number of rotatable bonds is 6. The molecule has 3 rings (SSSR count). The number of hydrogen-bond donors (Lipinski definition) is 1. The van der Waals surface area contributed by atoms with Crippen LogP contribution in [0.2, 0.25) is 5.02 Å². The summed E-state index contributed by atoms with van der Waals surface area (Å²) in [6.45, 7) is 1.97. The molecule has 1 N–H and O–H groups in total. The van der Waals surface area contributed by atoms with Crippen LogP contribution < -0.4 is 5.32 Å². The summed E-state index contributed by atoms with van der Waals surface area (Å²) >= 11 is 5.81. The number of nitrogens with one attached hydrogen (secondary N) is 1. The minimum Gasteiger partial charge on any atom is -0.310 e. The molecule has 0 spiro atoms. The average Bonchev–Trinajstić information content (AvgIpc) is 3.07. The van der Waals surface area contributed by atoms with Crippen molar-refractivity contribution in [1.82, 2.24) is 19.7 Å². The Kier molecular flexibility index (Phi) is 5.81. The van der Waals surface area contributed by atoms with Gasteiger partial charge in [-0.3, -0.25) is 14.5 Å². The Morgan fingerprint density at radius 1 is 1.30 bits per heavy atom. The summed E-state index contributed by atoms with van der Waals surface area (Å²) in [5.41, 5.74) is 1.32. The predicted molar refractivity (Wildman–Crippen MR) is 102 cm³/mol. The lowest BCUT2D eigenvalue weighted by molar-refractivity contribution is -0.117. The monoisotopic (exact) mass is 387 g/mol. The van der Waals surface area contributed by atoms with E-state index in [0.29, 0.717) is 28.4 Å². The minimum atomic E-state index is -0.530. The quantitative estimate of drug-likeness (QED) is 0.688. The maximum absolute atomic E-state index is 14.6. The molecule has 0 saturated heterocycles. The summed E-state index contributed by atoms with van der Waals surface area (Å²) in [5.74, 6) is -0.885. The van der Waals surface area contributed by atoms with Crippen molar-refractivity contribution in [2.45, 2.75) is 25.7 Å². The molecule has 8 heteroatoms. The molecule has 0 aliphatic rings. The molecule has 0 radical (unpaired) electrons. The van der Waals surface area contributed by atoms with Crippen LogP contribution in [-0.2, 0) is 11.8 Å². The molecule has 0 aromatic carbocycles. The highest BCUT2D eigenvalue weighted by Crippen LogP contribution is 2.27. The highest BCUT2D eigenvalue weighted by atomic mass is 35.5. The number of carbonyl (C=O) groups excluding carboxylic acids is 1. The van der Waals surface area contributed by atoms with E-state index in [1.54, 1.807) is 42.5 Å². The van der Waals surface area contributed by atoms with Gasteiger partial charge in [-0.25, -0.2) is 9.37 Å². The Hall–Kier alpha value is -2.80. The van der Waals surface area contributed by atoms with Crippen LogP contribution >= 0.6 is 11.6 Å². The van der Waals surface area contributed by atoms with E-state index in [-0.39, 0.29) is 11.6 Å². The maximum atomic E-state index is 14.6. The summed E-state index contributed by atoms with van der Waals surface area (Å²) in [7, 11) is 1.75. The molecule has 3 aromatic heterocycles. The van der Waals surface area contributed by atoms with Crippen LogP contribution in [0.1, 0.15) is 31.2 Å². The Labute approximate surface area is 161 Å². The Morgan fingerprint density at radius 2 is 2.11 bits per heavy atom. The van der Waals surface area contributed by atoms with Gasteiger partial charge in [0.25, 0.3) is 0 Å². The van der Waals surface area contributed by atoms with Gasteiger partial charge in [0.15, 0.2) is 0 Å². The molecule has 1 atom stereocenters. The van der Waals surface area contributed by atoms with Crippen molar-refractivity contribution in [2.24, 2.45) is 7.05 Å². The molecular weight excluding hydrogens is 369 g/mol. The van der Waals surface area contributed by atoms with E-state index in [2.05, 4.69) is 20.4 Å². The lowest BCUT2D eigenvalue weighted by atomic mass is 9.94. The van der Waals surface area contributed by atoms with Crippen LogP contribution in [0, 0.1) is 5.82 Å². The standard InChI is InChI=1S/C19H19ClFN5O/c1-3-4-15(19(27)25-17-6-5-14(20)10-22-17)12-7-16(21)18(23-8-12)13-9-24-26(2)11-13/h5-11,15H,3-4H2,1-2H3,(H,22,25,27). The molecule has 3 aromatic rings. The largest absolute Gasteiger partial charge is 0.310 e. The maximum Gasteiger partial charge on any atom is 0.233 e. The topological polar surface area (TPSA) is 72.7 Å². The van der Waals surface area contributed by atoms with Crippen molar-refractivity contribution >= 4 is 23.3 Å². The van der Waals surface area contributed by atoms with Crippen molar-refractivity contribution in [3.63, 3.8) is 0 Å². The third kappa shape index (κ3) is 4.49. The second kappa shape index (κ2) is 8.26. The molecule has 1 unspecified atom stereocenters. The first-order valence-electron chi connectivity index (χ1n) is 8.54. The molecule has 3 heterocycles. The number of nitrogens with zero attached hydrogens (tertiary/aromatic N) is 4. The Bertz CT molecular complexity index is 942. The third-order valence-electron chi connectivity index (χ3n) is 4.12. The van der Waals surface area contributed by atoms with E-state index in [4.69, 9.17) is 11.6 Å². The second-order valence-electron chi connectivity index (χ2n) is 6.19. The van der Waals surface area contributed by atoms with Crippen molar-refractivity contribution < 1.29 is 9.18 Å². The van der Waals surface area contributed by atoms with E-state index in [1.165, 1.54) is 12.3 Å². The average molecular weight is 388 g/mol. The highest BCUT2D eigenvalue weighted by molar-refractivity contribution is 6.30. The minimum absolute atomic E-state index is 0.210. The van der Waals surface area contributed by atoms with Crippen LogP contribution in [0.15, 0.2) is 43.0 Å². The van der Waals surface area contributed by atoms with Crippen molar-refractivity contribution in [3.05, 3.63) is 59.4 Å². The smallest absolute Gasteiger partial charge is 0.233 e. The fourth-order valence-electron chi connectivity index (χ4n) is 2.80. The Morgan fingerprint density at radius 3 is 2.70 bits per heavy atom. The van der Waals surface area contributed by atoms with Gasteiger partial charge >= 0.3 is 0 Å². The van der Waals surface area contributed by atoms with E-state index in [1.807, 2.05) is 6.92 Å². The molecular formula is C19H19ClFN5O. The summed E-state index contributed by atoms with van der Waals surface area (Å²) < 4.78 is 16.2. The molecule has 0 saturated carbocycles. The first-order valence-corrected chi connectivity index (χ1v) is 8.92. The van der Waals surface area contributed by atoms with Crippen molar-refractivity contribution in [3.8, 4) is 11.3 Å². The van der Waals surface area contributed by atoms with Gasteiger partial charge in [-0.1, -0.05) is 24.9 Å². The van der Waals surface area contributed by atoms with Crippen LogP contribution in [0.5, 0.6) is 0 Å². The molecule has 0 aliphatic carbocycles. The number of aryl methyl sites for hydroxylation is 1. The van der Waals surface area contributed by atoms with Gasteiger partial charge < -0.3 is 5.32 Å². The molecule has 0 bridgehead atoms. The van der Waals surface area contributed by atoms with E-state index in [9.17, 15) is 9.18 Å². The molecule has 1 amide bonds. The lowest BCUT2D eigenvalue weighted by Gasteiger charge is -2.16. The second-order valence-corrected chi connectivity index (χ2v) is 6.63. The van der Waals surface area contributed by atoms with E-state index < -0.39 is 11.7 Å². The van der Waals surface area contributed by atoms with Crippen LogP contribution in [0.4, 0.5) is 10.2 Å².